The van der Waals surface area contributed by atoms with Crippen molar-refractivity contribution in [2.24, 2.45) is 5.92 Å². The first-order valence-corrected chi connectivity index (χ1v) is 5.70. The number of rotatable bonds is 6. The lowest BCUT2D eigenvalue weighted by Gasteiger charge is -2.04. The average molecular weight is 231 g/mol. The van der Waals surface area contributed by atoms with Gasteiger partial charge in [0.15, 0.2) is 0 Å². The number of aliphatic hydroxyl groups excluding tert-OH is 1. The predicted molar refractivity (Wildman–Crippen MR) is 57.8 cm³/mol. The van der Waals surface area contributed by atoms with E-state index in [2.05, 4.69) is 0 Å². The third-order valence-corrected chi connectivity index (χ3v) is 3.08. The zero-order valence-corrected chi connectivity index (χ0v) is 9.20. The molecular weight excluding hydrogens is 218 g/mol. The van der Waals surface area contributed by atoms with E-state index in [1.807, 2.05) is 6.92 Å². The van der Waals surface area contributed by atoms with E-state index in [1.165, 1.54) is 6.07 Å². The number of thioether (sulfide) groups is 1. The topological polar surface area (TPSA) is 76.5 Å². The van der Waals surface area contributed by atoms with Crippen LogP contribution in [0, 0.1) is 16.0 Å². The van der Waals surface area contributed by atoms with Crippen molar-refractivity contribution in [2.75, 3.05) is 12.4 Å². The van der Waals surface area contributed by atoms with Crippen molar-refractivity contribution in [3.63, 3.8) is 0 Å². The van der Waals surface area contributed by atoms with Gasteiger partial charge in [-0.3, -0.25) is 10.1 Å². The van der Waals surface area contributed by atoms with Gasteiger partial charge < -0.3 is 9.52 Å². The minimum absolute atomic E-state index is 0.158. The summed E-state index contributed by atoms with van der Waals surface area (Å²) in [5, 5.41) is 19.1. The summed E-state index contributed by atoms with van der Waals surface area (Å²) in [6.45, 7) is 2.10. The van der Waals surface area contributed by atoms with Crippen molar-refractivity contribution in [2.45, 2.75) is 12.7 Å². The van der Waals surface area contributed by atoms with Crippen molar-refractivity contribution < 1.29 is 14.4 Å². The number of nitrogens with zero attached hydrogens (tertiary/aromatic N) is 1. The summed E-state index contributed by atoms with van der Waals surface area (Å²) >= 11 is 1.59. The molecule has 1 aromatic heterocycles. The number of furan rings is 1. The van der Waals surface area contributed by atoms with Gasteiger partial charge in [-0.25, -0.2) is 0 Å². The van der Waals surface area contributed by atoms with Crippen LogP contribution in [0.15, 0.2) is 16.5 Å². The second kappa shape index (κ2) is 5.77. The Morgan fingerprint density at radius 2 is 2.40 bits per heavy atom. The van der Waals surface area contributed by atoms with E-state index in [1.54, 1.807) is 17.8 Å². The summed E-state index contributed by atoms with van der Waals surface area (Å²) < 4.78 is 4.98. The highest BCUT2D eigenvalue weighted by Crippen LogP contribution is 2.21. The Labute approximate surface area is 91.6 Å². The maximum atomic E-state index is 10.3. The van der Waals surface area contributed by atoms with Gasteiger partial charge in [-0.05, 0) is 17.7 Å². The van der Waals surface area contributed by atoms with Gasteiger partial charge in [0.1, 0.15) is 10.7 Å². The molecule has 0 fully saturated rings. The van der Waals surface area contributed by atoms with Crippen molar-refractivity contribution in [3.8, 4) is 0 Å². The Bertz CT molecular complexity index is 326. The quantitative estimate of drug-likeness (QED) is 0.599. The molecule has 1 N–H and O–H groups in total. The molecule has 0 aliphatic carbocycles. The highest BCUT2D eigenvalue weighted by atomic mass is 32.2. The number of hydrogen-bond donors (Lipinski definition) is 1. The molecule has 0 bridgehead atoms. The van der Waals surface area contributed by atoms with E-state index in [9.17, 15) is 10.1 Å². The molecule has 15 heavy (non-hydrogen) atoms. The first-order chi connectivity index (χ1) is 7.13. The van der Waals surface area contributed by atoms with Gasteiger partial charge in [0.05, 0.1) is 11.8 Å². The summed E-state index contributed by atoms with van der Waals surface area (Å²) in [5.74, 6) is 2.01. The average Bonchev–Trinajstić information content (AvgIpc) is 2.66. The first kappa shape index (κ1) is 12.1. The van der Waals surface area contributed by atoms with Crippen LogP contribution in [0.3, 0.4) is 0 Å². The number of hydrogen-bond acceptors (Lipinski definition) is 5. The SMILES string of the molecule is CC(CO)CSCc1ccc([N+](=O)[O-])o1. The Hall–Kier alpha value is -1.01. The van der Waals surface area contributed by atoms with Crippen molar-refractivity contribution >= 4 is 17.6 Å². The van der Waals surface area contributed by atoms with Gasteiger partial charge >= 0.3 is 5.88 Å². The van der Waals surface area contributed by atoms with Crippen molar-refractivity contribution in [1.29, 1.82) is 0 Å². The predicted octanol–water partition coefficient (Wildman–Crippen LogP) is 2.05. The van der Waals surface area contributed by atoms with Gasteiger partial charge in [0.2, 0.25) is 0 Å². The Morgan fingerprint density at radius 3 is 2.93 bits per heavy atom. The second-order valence-electron chi connectivity index (χ2n) is 3.30. The van der Waals surface area contributed by atoms with Crippen LogP contribution < -0.4 is 0 Å². The first-order valence-electron chi connectivity index (χ1n) is 4.55. The Balaban J connectivity index is 2.35. The summed E-state index contributed by atoms with van der Waals surface area (Å²) in [5.41, 5.74) is 0. The molecule has 0 saturated heterocycles. The van der Waals surface area contributed by atoms with Crippen molar-refractivity contribution in [3.05, 3.63) is 28.0 Å². The highest BCUT2D eigenvalue weighted by molar-refractivity contribution is 7.98. The standard InChI is InChI=1S/C9H13NO4S/c1-7(4-11)5-15-6-8-2-3-9(14-8)10(12)13/h2-3,7,11H,4-6H2,1H3. The number of aliphatic hydroxyl groups is 1. The molecule has 0 spiro atoms. The largest absolute Gasteiger partial charge is 0.433 e. The van der Waals surface area contributed by atoms with Gasteiger partial charge in [0.25, 0.3) is 0 Å². The van der Waals surface area contributed by atoms with Crippen LogP contribution in [0.25, 0.3) is 0 Å². The van der Waals surface area contributed by atoms with E-state index in [-0.39, 0.29) is 18.4 Å². The molecule has 1 aromatic rings. The van der Waals surface area contributed by atoms with Crippen LogP contribution in [0.4, 0.5) is 5.88 Å². The lowest BCUT2D eigenvalue weighted by molar-refractivity contribution is -0.402. The van der Waals surface area contributed by atoms with E-state index < -0.39 is 4.92 Å². The molecule has 84 valence electrons. The van der Waals surface area contributed by atoms with Crippen LogP contribution in [0.2, 0.25) is 0 Å². The molecular formula is C9H13NO4S. The molecule has 0 radical (unpaired) electrons. The van der Waals surface area contributed by atoms with Crippen LogP contribution in [-0.4, -0.2) is 22.4 Å². The maximum Gasteiger partial charge on any atom is 0.433 e. The molecule has 0 aliphatic heterocycles. The summed E-state index contributed by atoms with van der Waals surface area (Å²) in [6, 6.07) is 2.96. The summed E-state index contributed by atoms with van der Waals surface area (Å²) in [4.78, 5) is 9.76. The van der Waals surface area contributed by atoms with Crippen LogP contribution >= 0.6 is 11.8 Å². The third kappa shape index (κ3) is 3.93. The smallest absolute Gasteiger partial charge is 0.405 e. The number of nitro groups is 1. The fourth-order valence-corrected chi connectivity index (χ4v) is 1.94. The van der Waals surface area contributed by atoms with Gasteiger partial charge in [-0.1, -0.05) is 6.92 Å². The fourth-order valence-electron chi connectivity index (χ4n) is 0.956. The maximum absolute atomic E-state index is 10.3. The molecule has 5 nitrogen and oxygen atoms in total. The van der Waals surface area contributed by atoms with Gasteiger partial charge in [-0.15, -0.1) is 0 Å². The fraction of sp³-hybridized carbons (Fsp3) is 0.556. The molecule has 1 rings (SSSR count). The normalized spacial score (nSPS) is 12.7. The van der Waals surface area contributed by atoms with E-state index in [0.29, 0.717) is 11.5 Å². The lowest BCUT2D eigenvalue weighted by atomic mass is 10.2. The molecule has 1 atom stereocenters. The Kier molecular flexibility index (Phi) is 4.64. The molecule has 0 aromatic carbocycles. The second-order valence-corrected chi connectivity index (χ2v) is 4.33. The summed E-state index contributed by atoms with van der Waals surface area (Å²) in [6.07, 6.45) is 0. The van der Waals surface area contributed by atoms with Crippen LogP contribution in [0.5, 0.6) is 0 Å². The third-order valence-electron chi connectivity index (χ3n) is 1.79. The molecule has 0 amide bonds. The monoisotopic (exact) mass is 231 g/mol. The van der Waals surface area contributed by atoms with Crippen LogP contribution in [-0.2, 0) is 5.75 Å². The lowest BCUT2D eigenvalue weighted by Crippen LogP contribution is -2.03. The highest BCUT2D eigenvalue weighted by Gasteiger charge is 2.11. The minimum atomic E-state index is -0.551. The van der Waals surface area contributed by atoms with E-state index in [0.717, 1.165) is 5.75 Å². The molecule has 1 unspecified atom stereocenters. The molecule has 6 heteroatoms. The molecule has 1 heterocycles. The minimum Gasteiger partial charge on any atom is -0.405 e. The zero-order valence-electron chi connectivity index (χ0n) is 8.38. The van der Waals surface area contributed by atoms with E-state index >= 15 is 0 Å². The van der Waals surface area contributed by atoms with Crippen molar-refractivity contribution in [1.82, 2.24) is 0 Å². The van der Waals surface area contributed by atoms with Gasteiger partial charge in [0, 0.05) is 6.61 Å². The molecule has 0 saturated carbocycles. The van der Waals surface area contributed by atoms with Gasteiger partial charge in [-0.2, -0.15) is 11.8 Å². The zero-order chi connectivity index (χ0) is 11.3. The Morgan fingerprint density at radius 1 is 1.67 bits per heavy atom. The molecule has 0 aliphatic rings. The van der Waals surface area contributed by atoms with Crippen LogP contribution in [0.1, 0.15) is 12.7 Å². The van der Waals surface area contributed by atoms with E-state index in [4.69, 9.17) is 9.52 Å². The summed E-state index contributed by atoms with van der Waals surface area (Å²) in [7, 11) is 0.